The van der Waals surface area contributed by atoms with Crippen LogP contribution in [0.5, 0.6) is 0 Å². The molecule has 0 radical (unpaired) electrons. The fraction of sp³-hybridized carbons (Fsp3) is 1.00. The van der Waals surface area contributed by atoms with Gasteiger partial charge in [0.05, 0.1) is 12.7 Å². The highest BCUT2D eigenvalue weighted by atomic mass is 16.5. The van der Waals surface area contributed by atoms with E-state index >= 15 is 0 Å². The minimum absolute atomic E-state index is 0.134. The molecule has 0 spiro atoms. The van der Waals surface area contributed by atoms with Gasteiger partial charge in [0, 0.05) is 20.8 Å². The van der Waals surface area contributed by atoms with Crippen molar-refractivity contribution in [1.82, 2.24) is 5.32 Å². The highest BCUT2D eigenvalue weighted by Gasteiger charge is 2.06. The normalized spacial score (nSPS) is 15.7. The molecule has 4 heteroatoms. The van der Waals surface area contributed by atoms with E-state index in [1.807, 2.05) is 0 Å². The van der Waals surface area contributed by atoms with Crippen LogP contribution in [0.3, 0.4) is 0 Å². The first-order valence-electron chi connectivity index (χ1n) is 4.67. The van der Waals surface area contributed by atoms with Crippen LogP contribution in [0.15, 0.2) is 0 Å². The third kappa shape index (κ3) is 6.95. The van der Waals surface area contributed by atoms with Gasteiger partial charge in [-0.15, -0.1) is 0 Å². The summed E-state index contributed by atoms with van der Waals surface area (Å²) in [6.07, 6.45) is 0.134. The van der Waals surface area contributed by atoms with Gasteiger partial charge in [0.15, 0.2) is 0 Å². The van der Waals surface area contributed by atoms with Gasteiger partial charge >= 0.3 is 0 Å². The van der Waals surface area contributed by atoms with Crippen molar-refractivity contribution in [2.45, 2.75) is 13.0 Å². The average molecular weight is 190 g/mol. The largest absolute Gasteiger partial charge is 0.382 e. The van der Waals surface area contributed by atoms with E-state index in [2.05, 4.69) is 12.2 Å². The molecule has 0 saturated carbocycles. The minimum Gasteiger partial charge on any atom is -0.382 e. The van der Waals surface area contributed by atoms with Gasteiger partial charge in [0.1, 0.15) is 0 Å². The van der Waals surface area contributed by atoms with Crippen LogP contribution in [-0.2, 0) is 9.47 Å². The first kappa shape index (κ1) is 12.8. The molecule has 0 aromatic heterocycles. The summed E-state index contributed by atoms with van der Waals surface area (Å²) in [4.78, 5) is 0. The summed E-state index contributed by atoms with van der Waals surface area (Å²) >= 11 is 0. The van der Waals surface area contributed by atoms with E-state index < -0.39 is 0 Å². The standard InChI is InChI=1S/C9H22N2O2/c1-8(4-10)5-11-6-9(13-3)7-12-2/h8-9,11H,4-7,10H2,1-3H3. The molecule has 2 unspecified atom stereocenters. The van der Waals surface area contributed by atoms with Crippen molar-refractivity contribution in [3.05, 3.63) is 0 Å². The summed E-state index contributed by atoms with van der Waals surface area (Å²) in [5.41, 5.74) is 5.48. The molecule has 0 heterocycles. The van der Waals surface area contributed by atoms with Gasteiger partial charge in [-0.25, -0.2) is 0 Å². The third-order valence-electron chi connectivity index (χ3n) is 1.95. The molecule has 0 amide bonds. The van der Waals surface area contributed by atoms with Gasteiger partial charge in [-0.1, -0.05) is 6.92 Å². The molecule has 80 valence electrons. The van der Waals surface area contributed by atoms with Crippen molar-refractivity contribution in [3.8, 4) is 0 Å². The van der Waals surface area contributed by atoms with Gasteiger partial charge in [-0.2, -0.15) is 0 Å². The lowest BCUT2D eigenvalue weighted by atomic mass is 10.2. The maximum absolute atomic E-state index is 5.48. The SMILES string of the molecule is COCC(CNCC(C)CN)OC. The second-order valence-electron chi connectivity index (χ2n) is 3.31. The predicted octanol–water partition coefficient (Wildman–Crippen LogP) is -0.168. The zero-order chi connectivity index (χ0) is 10.1. The Morgan fingerprint density at radius 2 is 2.00 bits per heavy atom. The Morgan fingerprint density at radius 3 is 2.46 bits per heavy atom. The number of hydrogen-bond acceptors (Lipinski definition) is 4. The van der Waals surface area contributed by atoms with Crippen molar-refractivity contribution in [3.63, 3.8) is 0 Å². The molecule has 0 rings (SSSR count). The van der Waals surface area contributed by atoms with Crippen LogP contribution in [0.4, 0.5) is 0 Å². The molecule has 0 bridgehead atoms. The van der Waals surface area contributed by atoms with Crippen LogP contribution >= 0.6 is 0 Å². The van der Waals surface area contributed by atoms with Crippen LogP contribution in [0.1, 0.15) is 6.92 Å². The van der Waals surface area contributed by atoms with Crippen LogP contribution < -0.4 is 11.1 Å². The van der Waals surface area contributed by atoms with Crippen LogP contribution in [-0.4, -0.2) is 46.6 Å². The molecule has 0 aliphatic carbocycles. The number of methoxy groups -OCH3 is 2. The predicted molar refractivity (Wildman–Crippen MR) is 53.8 cm³/mol. The highest BCUT2D eigenvalue weighted by molar-refractivity contribution is 4.63. The maximum Gasteiger partial charge on any atom is 0.0928 e. The van der Waals surface area contributed by atoms with Crippen molar-refractivity contribution in [2.24, 2.45) is 11.7 Å². The quantitative estimate of drug-likeness (QED) is 0.558. The minimum atomic E-state index is 0.134. The van der Waals surface area contributed by atoms with Crippen molar-refractivity contribution >= 4 is 0 Å². The van der Waals surface area contributed by atoms with E-state index in [1.165, 1.54) is 0 Å². The van der Waals surface area contributed by atoms with E-state index in [0.29, 0.717) is 12.5 Å². The van der Waals surface area contributed by atoms with Crippen LogP contribution in [0, 0.1) is 5.92 Å². The molecule has 0 aromatic carbocycles. The summed E-state index contributed by atoms with van der Waals surface area (Å²) in [6.45, 7) is 5.20. The molecule has 4 nitrogen and oxygen atoms in total. The summed E-state index contributed by atoms with van der Waals surface area (Å²) in [5, 5.41) is 3.29. The highest BCUT2D eigenvalue weighted by Crippen LogP contribution is 1.91. The summed E-state index contributed by atoms with van der Waals surface area (Å²) in [5.74, 6) is 0.514. The number of rotatable bonds is 8. The Labute approximate surface area is 80.8 Å². The van der Waals surface area contributed by atoms with E-state index in [0.717, 1.165) is 19.6 Å². The summed E-state index contributed by atoms with van der Waals surface area (Å²) in [6, 6.07) is 0. The lowest BCUT2D eigenvalue weighted by molar-refractivity contribution is 0.0286. The van der Waals surface area contributed by atoms with Crippen LogP contribution in [0.25, 0.3) is 0 Å². The van der Waals surface area contributed by atoms with Crippen molar-refractivity contribution in [2.75, 3.05) is 40.5 Å². The number of nitrogens with two attached hydrogens (primary N) is 1. The Hall–Kier alpha value is -0.160. The van der Waals surface area contributed by atoms with Gasteiger partial charge in [-0.05, 0) is 19.0 Å². The Bertz CT molecular complexity index is 112. The molecule has 0 fully saturated rings. The molecule has 0 aliphatic heterocycles. The smallest absolute Gasteiger partial charge is 0.0928 e. The first-order chi connectivity index (χ1) is 6.24. The van der Waals surface area contributed by atoms with E-state index in [-0.39, 0.29) is 6.10 Å². The average Bonchev–Trinajstić information content (AvgIpc) is 2.16. The van der Waals surface area contributed by atoms with Gasteiger partial charge in [0.2, 0.25) is 0 Å². The Kier molecular flexibility index (Phi) is 8.33. The number of hydrogen-bond donors (Lipinski definition) is 2. The van der Waals surface area contributed by atoms with Gasteiger partial charge in [0.25, 0.3) is 0 Å². The zero-order valence-corrected chi connectivity index (χ0v) is 8.88. The van der Waals surface area contributed by atoms with Crippen LogP contribution in [0.2, 0.25) is 0 Å². The van der Waals surface area contributed by atoms with Crippen molar-refractivity contribution < 1.29 is 9.47 Å². The molecule has 3 N–H and O–H groups in total. The molecular weight excluding hydrogens is 168 g/mol. The molecule has 0 saturated heterocycles. The van der Waals surface area contributed by atoms with Crippen molar-refractivity contribution in [1.29, 1.82) is 0 Å². The zero-order valence-electron chi connectivity index (χ0n) is 8.88. The van der Waals surface area contributed by atoms with E-state index in [4.69, 9.17) is 15.2 Å². The molecular formula is C9H22N2O2. The Morgan fingerprint density at radius 1 is 1.31 bits per heavy atom. The molecule has 13 heavy (non-hydrogen) atoms. The monoisotopic (exact) mass is 190 g/mol. The Balaban J connectivity index is 3.37. The fourth-order valence-electron chi connectivity index (χ4n) is 0.970. The summed E-state index contributed by atoms with van der Waals surface area (Å²) < 4.78 is 10.2. The van der Waals surface area contributed by atoms with Gasteiger partial charge in [-0.3, -0.25) is 0 Å². The van der Waals surface area contributed by atoms with Gasteiger partial charge < -0.3 is 20.5 Å². The second kappa shape index (κ2) is 8.44. The molecule has 0 aromatic rings. The lowest BCUT2D eigenvalue weighted by Gasteiger charge is -2.16. The molecule has 2 atom stereocenters. The third-order valence-corrected chi connectivity index (χ3v) is 1.95. The molecule has 0 aliphatic rings. The van der Waals surface area contributed by atoms with E-state index in [9.17, 15) is 0 Å². The fourth-order valence-corrected chi connectivity index (χ4v) is 0.970. The van der Waals surface area contributed by atoms with E-state index in [1.54, 1.807) is 14.2 Å². The second-order valence-corrected chi connectivity index (χ2v) is 3.31. The lowest BCUT2D eigenvalue weighted by Crippen LogP contribution is -2.35. The summed E-state index contributed by atoms with van der Waals surface area (Å²) in [7, 11) is 3.37. The number of ether oxygens (including phenoxy) is 2. The maximum atomic E-state index is 5.48. The first-order valence-corrected chi connectivity index (χ1v) is 4.67. The topological polar surface area (TPSA) is 56.5 Å². The number of nitrogens with one attached hydrogen (secondary N) is 1.